The lowest BCUT2D eigenvalue weighted by atomic mass is 9.89. The van der Waals surface area contributed by atoms with Gasteiger partial charge in [-0.3, -0.25) is 4.31 Å². The summed E-state index contributed by atoms with van der Waals surface area (Å²) in [6.07, 6.45) is -3.53. The van der Waals surface area contributed by atoms with E-state index in [-0.39, 0.29) is 22.8 Å². The first-order valence-electron chi connectivity index (χ1n) is 11.4. The Labute approximate surface area is 217 Å². The van der Waals surface area contributed by atoms with Crippen molar-refractivity contribution in [1.29, 1.82) is 0 Å². The average Bonchev–Trinajstić information content (AvgIpc) is 2.82. The van der Waals surface area contributed by atoms with Crippen LogP contribution in [0.1, 0.15) is 36.1 Å². The normalized spacial score (nSPS) is 17.5. The van der Waals surface area contributed by atoms with Crippen LogP contribution in [-0.4, -0.2) is 26.2 Å². The van der Waals surface area contributed by atoms with E-state index in [4.69, 9.17) is 11.6 Å². The number of alkyl halides is 3. The number of anilines is 1. The molecule has 10 heteroatoms. The minimum Gasteiger partial charge on any atom is -0.393 e. The number of hydrogen-bond acceptors (Lipinski definition) is 3. The Bertz CT molecular complexity index is 1450. The zero-order valence-corrected chi connectivity index (χ0v) is 21.5. The summed E-state index contributed by atoms with van der Waals surface area (Å²) in [6, 6.07) is 12.9. The maximum Gasteiger partial charge on any atom is 0.416 e. The molecule has 2 unspecified atom stereocenters. The van der Waals surface area contributed by atoms with Crippen LogP contribution in [0.15, 0.2) is 65.6 Å². The van der Waals surface area contributed by atoms with Crippen LogP contribution in [0, 0.1) is 11.7 Å². The topological polar surface area (TPSA) is 57.6 Å². The minimum absolute atomic E-state index is 0.117. The molecule has 0 saturated heterocycles. The zero-order valence-electron chi connectivity index (χ0n) is 19.9. The van der Waals surface area contributed by atoms with E-state index in [1.807, 2.05) is 0 Å². The average molecular weight is 554 g/mol. The molecular weight excluding hydrogens is 530 g/mol. The number of sulfonamides is 1. The van der Waals surface area contributed by atoms with Crippen LogP contribution in [0.5, 0.6) is 0 Å². The van der Waals surface area contributed by atoms with Crippen molar-refractivity contribution >= 4 is 39.0 Å². The summed E-state index contributed by atoms with van der Waals surface area (Å²) in [5, 5.41) is 10.5. The monoisotopic (exact) mass is 553 g/mol. The fourth-order valence-electron chi connectivity index (χ4n) is 4.44. The molecule has 0 saturated carbocycles. The number of fused-ring (bicyclic) bond motifs is 1. The van der Waals surface area contributed by atoms with Gasteiger partial charge in [0.25, 0.3) is 10.0 Å². The van der Waals surface area contributed by atoms with E-state index >= 15 is 0 Å². The van der Waals surface area contributed by atoms with Gasteiger partial charge in [-0.15, -0.1) is 0 Å². The Kier molecular flexibility index (Phi) is 7.43. The third-order valence-corrected chi connectivity index (χ3v) is 8.52. The minimum atomic E-state index is -4.71. The molecule has 3 aromatic rings. The highest BCUT2D eigenvalue weighted by atomic mass is 35.5. The Morgan fingerprint density at radius 2 is 1.84 bits per heavy atom. The summed E-state index contributed by atoms with van der Waals surface area (Å²) in [6.45, 7) is 3.10. The fraction of sp³-hybridized carbons (Fsp3) is 0.259. The van der Waals surface area contributed by atoms with Crippen molar-refractivity contribution in [2.45, 2.75) is 37.4 Å². The van der Waals surface area contributed by atoms with Crippen LogP contribution in [0.3, 0.4) is 0 Å². The standard InChI is InChI=1S/C27H24ClF4NO3S/c1-16(26-23(28)7-4-8-24(26)29)11-18-9-10-19-13-20(17(2)34)15-33(25(19)12-18)37(35,36)22-6-3-5-21(14-22)27(30,31)32/h3-12,14,17,20,34H,13,15H2,1-2H3. The molecule has 0 radical (unpaired) electrons. The molecule has 1 heterocycles. The summed E-state index contributed by atoms with van der Waals surface area (Å²) in [4.78, 5) is -0.505. The van der Waals surface area contributed by atoms with Gasteiger partial charge in [-0.05, 0) is 73.4 Å². The van der Waals surface area contributed by atoms with E-state index in [0.717, 1.165) is 22.5 Å². The number of benzene rings is 3. The van der Waals surface area contributed by atoms with E-state index in [0.29, 0.717) is 29.2 Å². The molecule has 0 aliphatic carbocycles. The molecule has 0 aromatic heterocycles. The van der Waals surface area contributed by atoms with Crippen LogP contribution < -0.4 is 4.31 Å². The maximum absolute atomic E-state index is 14.4. The van der Waals surface area contributed by atoms with Gasteiger partial charge in [0.2, 0.25) is 0 Å². The summed E-state index contributed by atoms with van der Waals surface area (Å²) in [5.74, 6) is -0.971. The molecule has 37 heavy (non-hydrogen) atoms. The molecule has 0 amide bonds. The number of halogens is 5. The second kappa shape index (κ2) is 10.1. The van der Waals surface area contributed by atoms with Crippen molar-refractivity contribution in [2.24, 2.45) is 5.92 Å². The first-order valence-corrected chi connectivity index (χ1v) is 13.2. The fourth-order valence-corrected chi connectivity index (χ4v) is 6.35. The van der Waals surface area contributed by atoms with Crippen LogP contribution in [-0.2, 0) is 22.6 Å². The van der Waals surface area contributed by atoms with Crippen LogP contribution in [0.25, 0.3) is 11.6 Å². The highest BCUT2D eigenvalue weighted by Crippen LogP contribution is 2.38. The highest BCUT2D eigenvalue weighted by molar-refractivity contribution is 7.92. The van der Waals surface area contributed by atoms with Gasteiger partial charge < -0.3 is 5.11 Å². The van der Waals surface area contributed by atoms with Crippen LogP contribution >= 0.6 is 11.6 Å². The molecule has 3 aromatic carbocycles. The molecule has 1 N–H and O–H groups in total. The molecule has 0 spiro atoms. The van der Waals surface area contributed by atoms with Crippen LogP contribution in [0.4, 0.5) is 23.2 Å². The number of aliphatic hydroxyl groups excluding tert-OH is 1. The largest absolute Gasteiger partial charge is 0.416 e. The SMILES string of the molecule is CC(=Cc1ccc2c(c1)N(S(=O)(=O)c1cccc(C(F)(F)F)c1)CC(C(C)O)C2)c1c(F)cccc1Cl. The van der Waals surface area contributed by atoms with Gasteiger partial charge >= 0.3 is 6.18 Å². The number of hydrogen-bond donors (Lipinski definition) is 1. The predicted octanol–water partition coefficient (Wildman–Crippen LogP) is 6.81. The second-order valence-electron chi connectivity index (χ2n) is 9.08. The Morgan fingerprint density at radius 3 is 2.49 bits per heavy atom. The van der Waals surface area contributed by atoms with Crippen LogP contribution in [0.2, 0.25) is 5.02 Å². The van der Waals surface area contributed by atoms with Crippen molar-refractivity contribution in [3.8, 4) is 0 Å². The van der Waals surface area contributed by atoms with E-state index < -0.39 is 44.5 Å². The Morgan fingerprint density at radius 1 is 1.14 bits per heavy atom. The number of aliphatic hydroxyl groups is 1. The lowest BCUT2D eigenvalue weighted by molar-refractivity contribution is -0.137. The van der Waals surface area contributed by atoms with Gasteiger partial charge in [-0.2, -0.15) is 13.2 Å². The van der Waals surface area contributed by atoms with Crippen molar-refractivity contribution in [1.82, 2.24) is 0 Å². The molecule has 0 bridgehead atoms. The van der Waals surface area contributed by atoms with Gasteiger partial charge in [0.1, 0.15) is 5.82 Å². The van der Waals surface area contributed by atoms with E-state index in [9.17, 15) is 31.1 Å². The molecule has 196 valence electrons. The number of nitrogens with zero attached hydrogens (tertiary/aromatic N) is 1. The maximum atomic E-state index is 14.4. The molecule has 0 fully saturated rings. The summed E-state index contributed by atoms with van der Waals surface area (Å²) >= 11 is 6.18. The summed E-state index contributed by atoms with van der Waals surface area (Å²) in [5.41, 5.74) is 1.10. The first-order chi connectivity index (χ1) is 17.3. The van der Waals surface area contributed by atoms with Gasteiger partial charge in [0.15, 0.2) is 0 Å². The van der Waals surface area contributed by atoms with Crippen molar-refractivity contribution in [3.05, 3.63) is 93.8 Å². The predicted molar refractivity (Wildman–Crippen MR) is 136 cm³/mol. The molecule has 1 aliphatic rings. The van der Waals surface area contributed by atoms with Crippen molar-refractivity contribution < 1.29 is 31.1 Å². The Hall–Kier alpha value is -2.88. The van der Waals surface area contributed by atoms with E-state index in [1.54, 1.807) is 44.2 Å². The third-order valence-electron chi connectivity index (χ3n) is 6.43. The van der Waals surface area contributed by atoms with E-state index in [1.165, 1.54) is 12.1 Å². The summed E-state index contributed by atoms with van der Waals surface area (Å²) in [7, 11) is -4.42. The number of rotatable bonds is 5. The quantitative estimate of drug-likeness (QED) is 0.279. The zero-order chi connectivity index (χ0) is 27.1. The lowest BCUT2D eigenvalue weighted by Gasteiger charge is -2.36. The molecule has 4 nitrogen and oxygen atoms in total. The lowest BCUT2D eigenvalue weighted by Crippen LogP contribution is -2.43. The van der Waals surface area contributed by atoms with E-state index in [2.05, 4.69) is 0 Å². The highest BCUT2D eigenvalue weighted by Gasteiger charge is 2.37. The third kappa shape index (κ3) is 5.54. The smallest absolute Gasteiger partial charge is 0.393 e. The number of allylic oxidation sites excluding steroid dienone is 1. The molecule has 2 atom stereocenters. The molecular formula is C27H24ClF4NO3S. The van der Waals surface area contributed by atoms with Crippen molar-refractivity contribution in [2.75, 3.05) is 10.8 Å². The first kappa shape index (κ1) is 27.2. The van der Waals surface area contributed by atoms with Gasteiger partial charge in [0.05, 0.1) is 27.3 Å². The van der Waals surface area contributed by atoms with Gasteiger partial charge in [-0.1, -0.05) is 41.9 Å². The Balaban J connectivity index is 1.82. The van der Waals surface area contributed by atoms with Crippen molar-refractivity contribution in [3.63, 3.8) is 0 Å². The van der Waals surface area contributed by atoms with Gasteiger partial charge in [-0.25, -0.2) is 12.8 Å². The second-order valence-corrected chi connectivity index (χ2v) is 11.3. The molecule has 4 rings (SSSR count). The summed E-state index contributed by atoms with van der Waals surface area (Å²) < 4.78 is 82.6. The molecule has 1 aliphatic heterocycles. The van der Waals surface area contributed by atoms with Gasteiger partial charge in [0, 0.05) is 18.0 Å².